The fraction of sp³-hybridized carbons (Fsp3) is 0.412. The minimum absolute atomic E-state index is 0.252. The molecule has 5 nitrogen and oxygen atoms in total. The summed E-state index contributed by atoms with van der Waals surface area (Å²) in [4.78, 5) is 22.4. The molecule has 22 heavy (non-hydrogen) atoms. The van der Waals surface area contributed by atoms with Gasteiger partial charge in [0.1, 0.15) is 18.5 Å². The van der Waals surface area contributed by atoms with Gasteiger partial charge in [0.25, 0.3) is 0 Å². The van der Waals surface area contributed by atoms with Gasteiger partial charge in [0.05, 0.1) is 12.5 Å². The first-order valence-electron chi connectivity index (χ1n) is 7.25. The molecule has 1 heterocycles. The Kier molecular flexibility index (Phi) is 3.64. The second-order valence-electron chi connectivity index (χ2n) is 5.60. The standard InChI is InChI=1S/C17H18O5/c1-11(19)21-12-6-7-17(8-9-18)13-4-3-5-14(20-2)16(13)22-15(17)10-12/h3-7,9,12,15H,8,10H2,1-2H3/t12-,15-,17+/m0/s1. The van der Waals surface area contributed by atoms with Gasteiger partial charge >= 0.3 is 5.97 Å². The van der Waals surface area contributed by atoms with Crippen molar-refractivity contribution in [1.29, 1.82) is 0 Å². The minimum Gasteiger partial charge on any atom is -0.493 e. The molecule has 0 saturated heterocycles. The summed E-state index contributed by atoms with van der Waals surface area (Å²) in [6.07, 6.45) is 4.94. The first-order chi connectivity index (χ1) is 10.6. The highest BCUT2D eigenvalue weighted by atomic mass is 16.5. The molecular formula is C17H18O5. The summed E-state index contributed by atoms with van der Waals surface area (Å²) in [5.74, 6) is 0.991. The zero-order valence-corrected chi connectivity index (χ0v) is 12.6. The number of esters is 1. The highest BCUT2D eigenvalue weighted by molar-refractivity contribution is 5.67. The highest BCUT2D eigenvalue weighted by Gasteiger charge is 2.50. The molecule has 0 radical (unpaired) electrons. The van der Waals surface area contributed by atoms with Crippen LogP contribution in [0.25, 0.3) is 0 Å². The summed E-state index contributed by atoms with van der Waals surface area (Å²) in [7, 11) is 1.59. The van der Waals surface area contributed by atoms with E-state index in [0.717, 1.165) is 11.8 Å². The smallest absolute Gasteiger partial charge is 0.303 e. The van der Waals surface area contributed by atoms with Gasteiger partial charge in [-0.3, -0.25) is 4.79 Å². The molecule has 3 rings (SSSR count). The summed E-state index contributed by atoms with van der Waals surface area (Å²) in [6.45, 7) is 1.38. The van der Waals surface area contributed by atoms with E-state index in [1.807, 2.05) is 30.4 Å². The molecule has 0 spiro atoms. The molecule has 2 aliphatic rings. The molecule has 0 N–H and O–H groups in total. The zero-order valence-electron chi connectivity index (χ0n) is 12.6. The van der Waals surface area contributed by atoms with Gasteiger partial charge in [-0.25, -0.2) is 0 Å². The van der Waals surface area contributed by atoms with E-state index < -0.39 is 5.41 Å². The number of carbonyl (C=O) groups is 2. The van der Waals surface area contributed by atoms with Crippen LogP contribution < -0.4 is 9.47 Å². The minimum atomic E-state index is -0.512. The molecule has 1 aliphatic heterocycles. The largest absolute Gasteiger partial charge is 0.493 e. The summed E-state index contributed by atoms with van der Waals surface area (Å²) >= 11 is 0. The van der Waals surface area contributed by atoms with Crippen LogP contribution in [-0.2, 0) is 19.7 Å². The van der Waals surface area contributed by atoms with Crippen LogP contribution in [0.3, 0.4) is 0 Å². The Bertz CT molecular complexity index is 636. The van der Waals surface area contributed by atoms with Crippen LogP contribution in [-0.4, -0.2) is 31.6 Å². The fourth-order valence-electron chi connectivity index (χ4n) is 3.36. The van der Waals surface area contributed by atoms with E-state index >= 15 is 0 Å². The van der Waals surface area contributed by atoms with Gasteiger partial charge in [-0.05, 0) is 12.1 Å². The van der Waals surface area contributed by atoms with Crippen LogP contribution in [0.5, 0.6) is 11.5 Å². The first kappa shape index (κ1) is 14.6. The molecular weight excluding hydrogens is 284 g/mol. The molecule has 0 fully saturated rings. The molecule has 0 amide bonds. The van der Waals surface area contributed by atoms with Gasteiger partial charge in [0.2, 0.25) is 0 Å². The summed E-state index contributed by atoms with van der Waals surface area (Å²) in [6, 6.07) is 5.68. The van der Waals surface area contributed by atoms with E-state index in [1.165, 1.54) is 6.92 Å². The van der Waals surface area contributed by atoms with Crippen LogP contribution in [0.1, 0.15) is 25.3 Å². The lowest BCUT2D eigenvalue weighted by atomic mass is 9.70. The number of hydrogen-bond donors (Lipinski definition) is 0. The number of fused-ring (bicyclic) bond motifs is 3. The number of carbonyl (C=O) groups excluding carboxylic acids is 2. The Hall–Kier alpha value is -2.30. The van der Waals surface area contributed by atoms with Gasteiger partial charge in [0.15, 0.2) is 11.5 Å². The maximum Gasteiger partial charge on any atom is 0.303 e. The third-order valence-electron chi connectivity index (χ3n) is 4.33. The average molecular weight is 302 g/mol. The number of ether oxygens (including phenoxy) is 3. The van der Waals surface area contributed by atoms with Crippen molar-refractivity contribution in [3.8, 4) is 11.5 Å². The highest BCUT2D eigenvalue weighted by Crippen LogP contribution is 2.52. The van der Waals surface area contributed by atoms with Crippen LogP contribution >= 0.6 is 0 Å². The topological polar surface area (TPSA) is 61.8 Å². The second kappa shape index (κ2) is 5.48. The SMILES string of the molecule is COc1cccc2c1O[C@H]1C[C@@H](OC(C)=O)C=C[C@@]21CC=O. The van der Waals surface area contributed by atoms with E-state index in [9.17, 15) is 9.59 Å². The normalized spacial score (nSPS) is 28.3. The molecule has 1 aliphatic carbocycles. The van der Waals surface area contributed by atoms with Crippen molar-refractivity contribution >= 4 is 12.3 Å². The van der Waals surface area contributed by atoms with Crippen molar-refractivity contribution in [2.75, 3.05) is 7.11 Å². The Morgan fingerprint density at radius 3 is 3.00 bits per heavy atom. The van der Waals surface area contributed by atoms with Crippen molar-refractivity contribution in [3.05, 3.63) is 35.9 Å². The molecule has 0 saturated carbocycles. The second-order valence-corrected chi connectivity index (χ2v) is 5.60. The van der Waals surface area contributed by atoms with Gasteiger partial charge in [0, 0.05) is 25.3 Å². The molecule has 116 valence electrons. The molecule has 0 bridgehead atoms. The van der Waals surface area contributed by atoms with Crippen LogP contribution in [0.15, 0.2) is 30.4 Å². The lowest BCUT2D eigenvalue weighted by Crippen LogP contribution is -2.43. The number of methoxy groups -OCH3 is 1. The predicted octanol–water partition coefficient (Wildman–Crippen LogP) is 2.17. The maximum atomic E-state index is 11.2. The van der Waals surface area contributed by atoms with Crippen molar-refractivity contribution in [2.24, 2.45) is 0 Å². The van der Waals surface area contributed by atoms with Crippen LogP contribution in [0.4, 0.5) is 0 Å². The van der Waals surface area contributed by atoms with E-state index in [4.69, 9.17) is 14.2 Å². The maximum absolute atomic E-state index is 11.2. The van der Waals surface area contributed by atoms with E-state index in [2.05, 4.69) is 0 Å². The number of para-hydroxylation sites is 1. The first-order valence-corrected chi connectivity index (χ1v) is 7.25. The summed E-state index contributed by atoms with van der Waals surface area (Å²) in [5.41, 5.74) is 0.434. The Morgan fingerprint density at radius 1 is 1.50 bits per heavy atom. The molecule has 0 unspecified atom stereocenters. The average Bonchev–Trinajstić information content (AvgIpc) is 2.81. The number of benzene rings is 1. The van der Waals surface area contributed by atoms with Crippen molar-refractivity contribution in [2.45, 2.75) is 37.4 Å². The van der Waals surface area contributed by atoms with Crippen LogP contribution in [0, 0.1) is 0 Å². The summed E-state index contributed by atoms with van der Waals surface area (Å²) in [5, 5.41) is 0. The van der Waals surface area contributed by atoms with E-state index in [1.54, 1.807) is 7.11 Å². The van der Waals surface area contributed by atoms with E-state index in [-0.39, 0.29) is 18.2 Å². The zero-order chi connectivity index (χ0) is 15.7. The van der Waals surface area contributed by atoms with Gasteiger partial charge in [-0.1, -0.05) is 18.2 Å². The Labute approximate surface area is 128 Å². The molecule has 1 aromatic rings. The van der Waals surface area contributed by atoms with Crippen molar-refractivity contribution in [3.63, 3.8) is 0 Å². The number of aldehydes is 1. The molecule has 5 heteroatoms. The van der Waals surface area contributed by atoms with Crippen molar-refractivity contribution in [1.82, 2.24) is 0 Å². The quantitative estimate of drug-likeness (QED) is 0.484. The van der Waals surface area contributed by atoms with Gasteiger partial charge in [-0.2, -0.15) is 0 Å². The molecule has 1 aromatic carbocycles. The van der Waals surface area contributed by atoms with Crippen LogP contribution in [0.2, 0.25) is 0 Å². The predicted molar refractivity (Wildman–Crippen MR) is 79.1 cm³/mol. The lowest BCUT2D eigenvalue weighted by molar-refractivity contribution is -0.145. The number of rotatable bonds is 4. The molecule has 0 aromatic heterocycles. The lowest BCUT2D eigenvalue weighted by Gasteiger charge is -2.35. The number of hydrogen-bond acceptors (Lipinski definition) is 5. The fourth-order valence-corrected chi connectivity index (χ4v) is 3.36. The summed E-state index contributed by atoms with van der Waals surface area (Å²) < 4.78 is 16.7. The third-order valence-corrected chi connectivity index (χ3v) is 4.33. The Morgan fingerprint density at radius 2 is 2.32 bits per heavy atom. The monoisotopic (exact) mass is 302 g/mol. The third kappa shape index (κ3) is 2.17. The van der Waals surface area contributed by atoms with Crippen molar-refractivity contribution < 1.29 is 23.8 Å². The van der Waals surface area contributed by atoms with Gasteiger partial charge < -0.3 is 19.0 Å². The van der Waals surface area contributed by atoms with Gasteiger partial charge in [-0.15, -0.1) is 0 Å². The van der Waals surface area contributed by atoms with E-state index in [0.29, 0.717) is 24.3 Å². The Balaban J connectivity index is 2.02. The molecule has 3 atom stereocenters.